The minimum absolute atomic E-state index is 0.197. The Bertz CT molecular complexity index is 390. The van der Waals surface area contributed by atoms with Crippen molar-refractivity contribution in [1.82, 2.24) is 10.6 Å². The first-order valence-corrected chi connectivity index (χ1v) is 6.47. The van der Waals surface area contributed by atoms with E-state index in [2.05, 4.69) is 15.6 Å². The van der Waals surface area contributed by atoms with Crippen LogP contribution in [-0.2, 0) is 11.3 Å². The van der Waals surface area contributed by atoms with E-state index in [1.165, 1.54) is 0 Å². The van der Waals surface area contributed by atoms with E-state index in [4.69, 9.17) is 4.74 Å². The highest BCUT2D eigenvalue weighted by atomic mass is 16.5. The van der Waals surface area contributed by atoms with Crippen LogP contribution in [0.15, 0.2) is 29.3 Å². The fourth-order valence-corrected chi connectivity index (χ4v) is 1.62. The van der Waals surface area contributed by atoms with Gasteiger partial charge in [0.1, 0.15) is 5.75 Å². The van der Waals surface area contributed by atoms with E-state index < -0.39 is 0 Å². The van der Waals surface area contributed by atoms with Gasteiger partial charge >= 0.3 is 0 Å². The molecular weight excluding hydrogens is 242 g/mol. The number of hydrogen-bond donors (Lipinski definition) is 3. The topological polar surface area (TPSA) is 65.9 Å². The van der Waals surface area contributed by atoms with E-state index >= 15 is 0 Å². The highest BCUT2D eigenvalue weighted by Gasteiger charge is 2.04. The van der Waals surface area contributed by atoms with Crippen LogP contribution < -0.4 is 10.6 Å². The third kappa shape index (κ3) is 6.10. The van der Waals surface area contributed by atoms with E-state index in [1.807, 2.05) is 26.0 Å². The van der Waals surface area contributed by atoms with Crippen LogP contribution in [-0.4, -0.2) is 37.4 Å². The molecule has 19 heavy (non-hydrogen) atoms. The number of methoxy groups -OCH3 is 1. The van der Waals surface area contributed by atoms with Crippen molar-refractivity contribution in [1.29, 1.82) is 0 Å². The molecule has 0 saturated heterocycles. The van der Waals surface area contributed by atoms with Gasteiger partial charge in [-0.25, -0.2) is 4.99 Å². The number of rotatable bonds is 6. The third-order valence-corrected chi connectivity index (χ3v) is 2.50. The Kier molecular flexibility index (Phi) is 6.74. The van der Waals surface area contributed by atoms with E-state index in [0.717, 1.165) is 18.1 Å². The summed E-state index contributed by atoms with van der Waals surface area (Å²) in [6.45, 7) is 6.07. The quantitative estimate of drug-likeness (QED) is 0.538. The van der Waals surface area contributed by atoms with Crippen LogP contribution in [0.25, 0.3) is 0 Å². The number of nitrogens with one attached hydrogen (secondary N) is 2. The molecule has 0 aliphatic heterocycles. The van der Waals surface area contributed by atoms with Gasteiger partial charge in [-0.2, -0.15) is 0 Å². The number of ether oxygens (including phenoxy) is 1. The van der Waals surface area contributed by atoms with Crippen molar-refractivity contribution >= 4 is 5.96 Å². The minimum Gasteiger partial charge on any atom is -0.508 e. The lowest BCUT2D eigenvalue weighted by atomic mass is 10.2. The van der Waals surface area contributed by atoms with Crippen LogP contribution in [0.2, 0.25) is 0 Å². The van der Waals surface area contributed by atoms with Crippen LogP contribution >= 0.6 is 0 Å². The van der Waals surface area contributed by atoms with E-state index in [9.17, 15) is 5.11 Å². The second kappa shape index (κ2) is 8.37. The Hall–Kier alpha value is -1.75. The molecule has 0 radical (unpaired) electrons. The second-order valence-corrected chi connectivity index (χ2v) is 4.36. The van der Waals surface area contributed by atoms with Gasteiger partial charge in [-0.05, 0) is 31.5 Å². The molecule has 0 aliphatic carbocycles. The lowest BCUT2D eigenvalue weighted by Gasteiger charge is -2.16. The molecule has 0 bridgehead atoms. The number of phenols is 1. The summed E-state index contributed by atoms with van der Waals surface area (Å²) in [6, 6.07) is 7.25. The van der Waals surface area contributed by atoms with Gasteiger partial charge in [0.2, 0.25) is 0 Å². The van der Waals surface area contributed by atoms with Gasteiger partial charge in [-0.1, -0.05) is 12.1 Å². The van der Waals surface area contributed by atoms with Gasteiger partial charge in [-0.15, -0.1) is 0 Å². The van der Waals surface area contributed by atoms with E-state index in [-0.39, 0.29) is 11.8 Å². The summed E-state index contributed by atoms with van der Waals surface area (Å²) in [5.74, 6) is 1.03. The molecule has 1 atom stereocenters. The van der Waals surface area contributed by atoms with Crippen molar-refractivity contribution in [2.75, 3.05) is 20.3 Å². The van der Waals surface area contributed by atoms with Crippen LogP contribution in [0.4, 0.5) is 0 Å². The van der Waals surface area contributed by atoms with Gasteiger partial charge in [-0.3, -0.25) is 0 Å². The van der Waals surface area contributed by atoms with Crippen LogP contribution in [0.3, 0.4) is 0 Å². The zero-order valence-corrected chi connectivity index (χ0v) is 11.8. The normalized spacial score (nSPS) is 13.1. The summed E-state index contributed by atoms with van der Waals surface area (Å²) in [4.78, 5) is 4.49. The lowest BCUT2D eigenvalue weighted by molar-refractivity contribution is 0.179. The van der Waals surface area contributed by atoms with Crippen molar-refractivity contribution in [3.05, 3.63) is 29.8 Å². The van der Waals surface area contributed by atoms with E-state index in [0.29, 0.717) is 13.2 Å². The number of benzene rings is 1. The maximum atomic E-state index is 9.22. The van der Waals surface area contributed by atoms with Crippen LogP contribution in [0.5, 0.6) is 5.75 Å². The number of aromatic hydroxyl groups is 1. The molecule has 5 heteroatoms. The fourth-order valence-electron chi connectivity index (χ4n) is 1.62. The summed E-state index contributed by atoms with van der Waals surface area (Å²) in [5, 5.41) is 15.7. The molecule has 0 amide bonds. The summed E-state index contributed by atoms with van der Waals surface area (Å²) in [6.07, 6.45) is 0. The number of guanidine groups is 1. The minimum atomic E-state index is 0.197. The van der Waals surface area contributed by atoms with Crippen molar-refractivity contribution in [2.24, 2.45) is 4.99 Å². The monoisotopic (exact) mass is 265 g/mol. The van der Waals surface area contributed by atoms with Crippen LogP contribution in [0, 0.1) is 0 Å². The molecule has 1 unspecified atom stereocenters. The lowest BCUT2D eigenvalue weighted by Crippen LogP contribution is -2.43. The molecular formula is C14H23N3O2. The second-order valence-electron chi connectivity index (χ2n) is 4.36. The molecule has 0 aromatic heterocycles. The van der Waals surface area contributed by atoms with Crippen LogP contribution in [0.1, 0.15) is 19.4 Å². The smallest absolute Gasteiger partial charge is 0.191 e. The summed E-state index contributed by atoms with van der Waals surface area (Å²) < 4.78 is 5.09. The van der Waals surface area contributed by atoms with Gasteiger partial charge in [0.05, 0.1) is 13.2 Å². The third-order valence-electron chi connectivity index (χ3n) is 2.50. The summed E-state index contributed by atoms with van der Waals surface area (Å²) >= 11 is 0. The Morgan fingerprint density at radius 3 is 2.63 bits per heavy atom. The largest absolute Gasteiger partial charge is 0.508 e. The Morgan fingerprint density at radius 2 is 2.05 bits per heavy atom. The highest BCUT2D eigenvalue weighted by Crippen LogP contribution is 2.10. The fraction of sp³-hybridized carbons (Fsp3) is 0.500. The standard InChI is InChI=1S/C14H23N3O2/c1-4-15-14(17-11(2)10-19-3)16-9-12-5-7-13(18)8-6-12/h5-8,11,18H,4,9-10H2,1-3H3,(H2,15,16,17). The summed E-state index contributed by atoms with van der Waals surface area (Å²) in [5.41, 5.74) is 1.05. The maximum Gasteiger partial charge on any atom is 0.191 e. The number of hydrogen-bond acceptors (Lipinski definition) is 3. The molecule has 1 aromatic carbocycles. The predicted molar refractivity (Wildman–Crippen MR) is 77.4 cm³/mol. The van der Waals surface area contributed by atoms with Gasteiger partial charge in [0.15, 0.2) is 5.96 Å². The average molecular weight is 265 g/mol. The van der Waals surface area contributed by atoms with Gasteiger partial charge < -0.3 is 20.5 Å². The predicted octanol–water partition coefficient (Wildman–Crippen LogP) is 1.48. The molecule has 5 nitrogen and oxygen atoms in total. The molecule has 106 valence electrons. The SMILES string of the molecule is CCNC(=NCc1ccc(O)cc1)NC(C)COC. The number of nitrogens with zero attached hydrogens (tertiary/aromatic N) is 1. The summed E-state index contributed by atoms with van der Waals surface area (Å²) in [7, 11) is 1.68. The van der Waals surface area contributed by atoms with Crippen molar-refractivity contribution < 1.29 is 9.84 Å². The van der Waals surface area contributed by atoms with E-state index in [1.54, 1.807) is 19.2 Å². The highest BCUT2D eigenvalue weighted by molar-refractivity contribution is 5.80. The average Bonchev–Trinajstić information content (AvgIpc) is 2.38. The Labute approximate surface area is 114 Å². The van der Waals surface area contributed by atoms with Crippen molar-refractivity contribution in [3.8, 4) is 5.75 Å². The van der Waals surface area contributed by atoms with Gasteiger partial charge in [0, 0.05) is 19.7 Å². The van der Waals surface area contributed by atoms with Gasteiger partial charge in [0.25, 0.3) is 0 Å². The first-order valence-electron chi connectivity index (χ1n) is 6.47. The molecule has 1 rings (SSSR count). The molecule has 1 aromatic rings. The number of phenolic OH excluding ortho intramolecular Hbond substituents is 1. The molecule has 0 saturated carbocycles. The Morgan fingerprint density at radius 1 is 1.37 bits per heavy atom. The zero-order chi connectivity index (χ0) is 14.1. The first kappa shape index (κ1) is 15.3. The maximum absolute atomic E-state index is 9.22. The first-order chi connectivity index (χ1) is 9.15. The molecule has 3 N–H and O–H groups in total. The van der Waals surface area contributed by atoms with Crippen molar-refractivity contribution in [3.63, 3.8) is 0 Å². The molecule has 0 fully saturated rings. The Balaban J connectivity index is 2.59. The molecule has 0 aliphatic rings. The number of aliphatic imine (C=N–C) groups is 1. The van der Waals surface area contributed by atoms with Crippen molar-refractivity contribution in [2.45, 2.75) is 26.4 Å². The zero-order valence-electron chi connectivity index (χ0n) is 11.8. The molecule has 0 heterocycles. The molecule has 0 spiro atoms.